The summed E-state index contributed by atoms with van der Waals surface area (Å²) < 4.78 is 5.69. The molecule has 106 valence electrons. The summed E-state index contributed by atoms with van der Waals surface area (Å²) in [5.74, 6) is 0.518. The lowest BCUT2D eigenvalue weighted by atomic mass is 10.1. The molecule has 0 aromatic heterocycles. The van der Waals surface area contributed by atoms with Crippen molar-refractivity contribution in [1.29, 1.82) is 0 Å². The summed E-state index contributed by atoms with van der Waals surface area (Å²) in [6, 6.07) is 5.42. The zero-order valence-electron chi connectivity index (χ0n) is 11.6. The summed E-state index contributed by atoms with van der Waals surface area (Å²) >= 11 is 5.94. The maximum Gasteiger partial charge on any atom is 0.260 e. The van der Waals surface area contributed by atoms with Gasteiger partial charge in [-0.3, -0.25) is 4.79 Å². The van der Waals surface area contributed by atoms with Gasteiger partial charge in [0.1, 0.15) is 5.75 Å². The Kier molecular flexibility index (Phi) is 6.12. The van der Waals surface area contributed by atoms with E-state index in [2.05, 4.69) is 5.32 Å². The highest BCUT2D eigenvalue weighted by Gasteiger charge is 2.16. The number of carbonyl (C=O) groups excluding carboxylic acids is 1. The molecule has 1 unspecified atom stereocenters. The number of nitrogens with one attached hydrogen (secondary N) is 1. The third kappa shape index (κ3) is 5.09. The first-order valence-electron chi connectivity index (χ1n) is 6.39. The topological polar surface area (TPSA) is 64.3 Å². The molecule has 0 aliphatic carbocycles. The molecular formula is C14H21ClN2O2. The van der Waals surface area contributed by atoms with E-state index in [1.54, 1.807) is 19.1 Å². The number of hydrogen-bond donors (Lipinski definition) is 2. The molecule has 0 bridgehead atoms. The van der Waals surface area contributed by atoms with Crippen LogP contribution in [0.4, 0.5) is 0 Å². The van der Waals surface area contributed by atoms with E-state index < -0.39 is 6.10 Å². The Bertz CT molecular complexity index is 435. The molecule has 0 saturated carbocycles. The van der Waals surface area contributed by atoms with Gasteiger partial charge >= 0.3 is 0 Å². The Hall–Kier alpha value is -1.26. The van der Waals surface area contributed by atoms with E-state index in [-0.39, 0.29) is 11.9 Å². The first kappa shape index (κ1) is 15.8. The third-order valence-electron chi connectivity index (χ3n) is 2.54. The van der Waals surface area contributed by atoms with Gasteiger partial charge in [-0.2, -0.15) is 0 Å². The van der Waals surface area contributed by atoms with E-state index in [0.29, 0.717) is 23.7 Å². The van der Waals surface area contributed by atoms with Gasteiger partial charge in [0.15, 0.2) is 6.10 Å². The van der Waals surface area contributed by atoms with Gasteiger partial charge in [-0.1, -0.05) is 11.6 Å². The fourth-order valence-electron chi connectivity index (χ4n) is 1.66. The van der Waals surface area contributed by atoms with Crippen molar-refractivity contribution >= 4 is 17.5 Å². The average molecular weight is 285 g/mol. The summed E-state index contributed by atoms with van der Waals surface area (Å²) in [6.07, 6.45) is 0.106. The van der Waals surface area contributed by atoms with Gasteiger partial charge in [0.05, 0.1) is 0 Å². The maximum absolute atomic E-state index is 11.8. The SMILES string of the molecule is CC(C)NC(=O)C(C)Oc1ccc(Cl)cc1CCN. The average Bonchev–Trinajstić information content (AvgIpc) is 2.32. The fourth-order valence-corrected chi connectivity index (χ4v) is 1.85. The molecule has 5 heteroatoms. The Morgan fingerprint density at radius 2 is 2.11 bits per heavy atom. The fraction of sp³-hybridized carbons (Fsp3) is 0.500. The number of rotatable bonds is 6. The molecule has 1 rings (SSSR count). The normalized spacial score (nSPS) is 12.3. The van der Waals surface area contributed by atoms with Crippen molar-refractivity contribution < 1.29 is 9.53 Å². The highest BCUT2D eigenvalue weighted by molar-refractivity contribution is 6.30. The Balaban J connectivity index is 2.78. The first-order chi connectivity index (χ1) is 8.93. The van der Waals surface area contributed by atoms with Gasteiger partial charge in [-0.05, 0) is 57.5 Å². The van der Waals surface area contributed by atoms with Gasteiger partial charge in [0.2, 0.25) is 0 Å². The highest BCUT2D eigenvalue weighted by Crippen LogP contribution is 2.24. The van der Waals surface area contributed by atoms with E-state index in [0.717, 1.165) is 5.56 Å². The molecule has 1 amide bonds. The minimum absolute atomic E-state index is 0.0901. The van der Waals surface area contributed by atoms with Crippen LogP contribution in [-0.4, -0.2) is 24.6 Å². The molecule has 4 nitrogen and oxygen atoms in total. The lowest BCUT2D eigenvalue weighted by molar-refractivity contribution is -0.127. The highest BCUT2D eigenvalue weighted by atomic mass is 35.5. The van der Waals surface area contributed by atoms with Crippen LogP contribution in [0.25, 0.3) is 0 Å². The largest absolute Gasteiger partial charge is 0.481 e. The summed E-state index contributed by atoms with van der Waals surface area (Å²) in [7, 11) is 0. The summed E-state index contributed by atoms with van der Waals surface area (Å²) in [5.41, 5.74) is 6.47. The predicted molar refractivity (Wildman–Crippen MR) is 77.6 cm³/mol. The monoisotopic (exact) mass is 284 g/mol. The standard InChI is InChI=1S/C14H21ClN2O2/c1-9(2)17-14(18)10(3)19-13-5-4-12(15)8-11(13)6-7-16/h4-5,8-10H,6-7,16H2,1-3H3,(H,17,18). The summed E-state index contributed by atoms with van der Waals surface area (Å²) in [4.78, 5) is 11.8. The van der Waals surface area contributed by atoms with Crippen LogP contribution in [0.1, 0.15) is 26.3 Å². The van der Waals surface area contributed by atoms with Crippen LogP contribution in [0.3, 0.4) is 0 Å². The zero-order valence-corrected chi connectivity index (χ0v) is 12.3. The second kappa shape index (κ2) is 7.36. The Morgan fingerprint density at radius 3 is 2.68 bits per heavy atom. The molecule has 1 aromatic rings. The summed E-state index contributed by atoms with van der Waals surface area (Å²) in [6.45, 7) is 6.04. The van der Waals surface area contributed by atoms with Crippen molar-refractivity contribution in [2.24, 2.45) is 5.73 Å². The summed E-state index contributed by atoms with van der Waals surface area (Å²) in [5, 5.41) is 3.45. The van der Waals surface area contributed by atoms with Crippen molar-refractivity contribution in [3.05, 3.63) is 28.8 Å². The van der Waals surface area contributed by atoms with Crippen LogP contribution < -0.4 is 15.8 Å². The van der Waals surface area contributed by atoms with Crippen LogP contribution in [-0.2, 0) is 11.2 Å². The quantitative estimate of drug-likeness (QED) is 0.841. The molecule has 0 heterocycles. The number of amides is 1. The molecule has 1 aromatic carbocycles. The van der Waals surface area contributed by atoms with Gasteiger partial charge in [0, 0.05) is 11.1 Å². The van der Waals surface area contributed by atoms with Gasteiger partial charge in [-0.15, -0.1) is 0 Å². The number of benzene rings is 1. The molecule has 3 N–H and O–H groups in total. The Morgan fingerprint density at radius 1 is 1.42 bits per heavy atom. The van der Waals surface area contributed by atoms with Gasteiger partial charge in [-0.25, -0.2) is 0 Å². The van der Waals surface area contributed by atoms with Crippen LogP contribution in [0, 0.1) is 0 Å². The molecule has 0 fully saturated rings. The number of ether oxygens (including phenoxy) is 1. The van der Waals surface area contributed by atoms with Crippen molar-refractivity contribution in [3.63, 3.8) is 0 Å². The van der Waals surface area contributed by atoms with Gasteiger partial charge in [0.25, 0.3) is 5.91 Å². The van der Waals surface area contributed by atoms with E-state index in [1.165, 1.54) is 0 Å². The number of carbonyl (C=O) groups is 1. The molecule has 1 atom stereocenters. The lowest BCUT2D eigenvalue weighted by Gasteiger charge is -2.18. The van der Waals surface area contributed by atoms with Crippen molar-refractivity contribution in [3.8, 4) is 5.75 Å². The van der Waals surface area contributed by atoms with Crippen molar-refractivity contribution in [1.82, 2.24) is 5.32 Å². The minimum atomic E-state index is -0.555. The zero-order chi connectivity index (χ0) is 14.4. The second-order valence-electron chi connectivity index (χ2n) is 4.71. The number of hydrogen-bond acceptors (Lipinski definition) is 3. The van der Waals surface area contributed by atoms with Gasteiger partial charge < -0.3 is 15.8 Å². The van der Waals surface area contributed by atoms with Crippen molar-refractivity contribution in [2.75, 3.05) is 6.54 Å². The molecule has 19 heavy (non-hydrogen) atoms. The van der Waals surface area contributed by atoms with Crippen molar-refractivity contribution in [2.45, 2.75) is 39.3 Å². The molecule has 0 spiro atoms. The van der Waals surface area contributed by atoms with E-state index in [1.807, 2.05) is 19.9 Å². The molecule has 0 radical (unpaired) electrons. The first-order valence-corrected chi connectivity index (χ1v) is 6.77. The van der Waals surface area contributed by atoms with Crippen LogP contribution in [0.15, 0.2) is 18.2 Å². The second-order valence-corrected chi connectivity index (χ2v) is 5.15. The molecule has 0 aliphatic heterocycles. The molecule has 0 aliphatic rings. The van der Waals surface area contributed by atoms with E-state index in [9.17, 15) is 4.79 Å². The number of nitrogens with two attached hydrogens (primary N) is 1. The predicted octanol–water partition coefficient (Wildman–Crippen LogP) is 2.13. The smallest absolute Gasteiger partial charge is 0.260 e. The van der Waals surface area contributed by atoms with Crippen LogP contribution >= 0.6 is 11.6 Å². The Labute approximate surface area is 119 Å². The number of halogens is 1. The lowest BCUT2D eigenvalue weighted by Crippen LogP contribution is -2.40. The maximum atomic E-state index is 11.8. The third-order valence-corrected chi connectivity index (χ3v) is 2.78. The van der Waals surface area contributed by atoms with Crippen LogP contribution in [0.2, 0.25) is 5.02 Å². The van der Waals surface area contributed by atoms with E-state index >= 15 is 0 Å². The molecular weight excluding hydrogens is 264 g/mol. The minimum Gasteiger partial charge on any atom is -0.481 e. The van der Waals surface area contributed by atoms with Crippen LogP contribution in [0.5, 0.6) is 5.75 Å². The molecule has 0 saturated heterocycles. The van der Waals surface area contributed by atoms with E-state index in [4.69, 9.17) is 22.1 Å².